The zero-order valence-corrected chi connectivity index (χ0v) is 15.6. The molecule has 0 aliphatic carbocycles. The number of hydrogen-bond acceptors (Lipinski definition) is 3. The van der Waals surface area contributed by atoms with Crippen LogP contribution in [0, 0.1) is 0 Å². The molecule has 1 heterocycles. The first kappa shape index (κ1) is 18.2. The van der Waals surface area contributed by atoms with Crippen LogP contribution in [0.4, 0.5) is 17.1 Å². The molecule has 1 amide bonds. The maximum Gasteiger partial charge on any atom is 0.259 e. The van der Waals surface area contributed by atoms with Crippen LogP contribution in [0.3, 0.4) is 0 Å². The highest BCUT2D eigenvalue weighted by Gasteiger charge is 2.16. The normalized spacial score (nSPS) is 10.4. The van der Waals surface area contributed by atoms with Crippen molar-refractivity contribution in [1.29, 1.82) is 0 Å². The lowest BCUT2D eigenvalue weighted by atomic mass is 10.2. The number of halogens is 2. The lowest BCUT2D eigenvalue weighted by Gasteiger charge is -2.21. The van der Waals surface area contributed by atoms with Gasteiger partial charge in [0.25, 0.3) is 5.91 Å². The van der Waals surface area contributed by atoms with Crippen molar-refractivity contribution in [2.45, 2.75) is 6.92 Å². The fourth-order valence-electron chi connectivity index (χ4n) is 2.58. The van der Waals surface area contributed by atoms with Gasteiger partial charge in [0.05, 0.1) is 28.2 Å². The summed E-state index contributed by atoms with van der Waals surface area (Å²) in [6.45, 7) is 2.50. The molecule has 132 valence electrons. The molecule has 0 unspecified atom stereocenters. The second-order valence-corrected chi connectivity index (χ2v) is 6.44. The highest BCUT2D eigenvalue weighted by Crippen LogP contribution is 2.28. The molecular weight excluding hydrogens is 369 g/mol. The van der Waals surface area contributed by atoms with E-state index < -0.39 is 0 Å². The van der Waals surface area contributed by atoms with Gasteiger partial charge in [0.2, 0.25) is 0 Å². The molecule has 3 aromatic rings. The minimum absolute atomic E-state index is 0.114. The van der Waals surface area contributed by atoms with Gasteiger partial charge in [0, 0.05) is 23.5 Å². The molecule has 0 fully saturated rings. The Kier molecular flexibility index (Phi) is 5.76. The maximum atomic E-state index is 12.9. The van der Waals surface area contributed by atoms with Crippen molar-refractivity contribution in [3.8, 4) is 0 Å². The molecule has 1 aromatic heterocycles. The van der Waals surface area contributed by atoms with Crippen LogP contribution in [-0.2, 0) is 0 Å². The summed E-state index contributed by atoms with van der Waals surface area (Å²) in [6, 6.07) is 16.5. The van der Waals surface area contributed by atoms with Crippen molar-refractivity contribution >= 4 is 46.2 Å². The van der Waals surface area contributed by atoms with Crippen LogP contribution in [0.5, 0.6) is 0 Å². The van der Waals surface area contributed by atoms with E-state index in [9.17, 15) is 4.79 Å². The number of carbonyl (C=O) groups is 1. The van der Waals surface area contributed by atoms with Gasteiger partial charge in [-0.3, -0.25) is 9.78 Å². The summed E-state index contributed by atoms with van der Waals surface area (Å²) < 4.78 is 0. The van der Waals surface area contributed by atoms with Gasteiger partial charge in [-0.2, -0.15) is 0 Å². The Bertz CT molecular complexity index is 916. The van der Waals surface area contributed by atoms with Crippen molar-refractivity contribution in [2.24, 2.45) is 0 Å². The van der Waals surface area contributed by atoms with E-state index in [-0.39, 0.29) is 5.91 Å². The summed E-state index contributed by atoms with van der Waals surface area (Å²) in [5.74, 6) is -0.114. The number of nitrogens with one attached hydrogen (secondary N) is 1. The quantitative estimate of drug-likeness (QED) is 0.603. The van der Waals surface area contributed by atoms with Crippen molar-refractivity contribution in [3.63, 3.8) is 0 Å². The van der Waals surface area contributed by atoms with Crippen molar-refractivity contribution < 1.29 is 4.79 Å². The zero-order chi connectivity index (χ0) is 18.5. The Hall–Kier alpha value is -2.56. The van der Waals surface area contributed by atoms with E-state index in [0.29, 0.717) is 33.5 Å². The van der Waals surface area contributed by atoms with Crippen molar-refractivity contribution in [2.75, 3.05) is 16.8 Å². The van der Waals surface area contributed by atoms with E-state index in [1.807, 2.05) is 37.3 Å². The monoisotopic (exact) mass is 385 g/mol. The van der Waals surface area contributed by atoms with E-state index in [2.05, 4.69) is 10.3 Å². The number of pyridine rings is 1. The molecule has 2 aromatic carbocycles. The number of aromatic nitrogens is 1. The van der Waals surface area contributed by atoms with Gasteiger partial charge < -0.3 is 10.2 Å². The first-order chi connectivity index (χ1) is 12.6. The lowest BCUT2D eigenvalue weighted by Crippen LogP contribution is -2.30. The van der Waals surface area contributed by atoms with Crippen LogP contribution in [0.25, 0.3) is 0 Å². The first-order valence-electron chi connectivity index (χ1n) is 8.12. The maximum absolute atomic E-state index is 12.9. The smallest absolute Gasteiger partial charge is 0.259 e. The third-order valence-corrected chi connectivity index (χ3v) is 4.37. The molecule has 26 heavy (non-hydrogen) atoms. The van der Waals surface area contributed by atoms with Crippen LogP contribution in [-0.4, -0.2) is 17.4 Å². The number of carbonyl (C=O) groups excluding carboxylic acids is 1. The van der Waals surface area contributed by atoms with E-state index in [0.717, 1.165) is 5.69 Å². The average molecular weight is 386 g/mol. The predicted molar refractivity (Wildman–Crippen MR) is 108 cm³/mol. The summed E-state index contributed by atoms with van der Waals surface area (Å²) in [4.78, 5) is 18.8. The highest BCUT2D eigenvalue weighted by molar-refractivity contribution is 6.36. The molecular formula is C20H17Cl2N3O. The number of amides is 1. The number of anilines is 3. The Morgan fingerprint density at radius 3 is 2.54 bits per heavy atom. The number of para-hydroxylation sites is 1. The molecule has 0 spiro atoms. The largest absolute Gasteiger partial charge is 0.353 e. The molecule has 0 radical (unpaired) electrons. The molecule has 1 N–H and O–H groups in total. The Balaban J connectivity index is 1.85. The Morgan fingerprint density at radius 1 is 1.08 bits per heavy atom. The summed E-state index contributed by atoms with van der Waals surface area (Å²) in [6.07, 6.45) is 3.20. The van der Waals surface area contributed by atoms with Crippen LogP contribution in [0.15, 0.2) is 67.0 Å². The van der Waals surface area contributed by atoms with Crippen LogP contribution >= 0.6 is 23.2 Å². The molecule has 4 nitrogen and oxygen atoms in total. The van der Waals surface area contributed by atoms with E-state index >= 15 is 0 Å². The van der Waals surface area contributed by atoms with Gasteiger partial charge >= 0.3 is 0 Å². The Labute approximate surface area is 162 Å². The topological polar surface area (TPSA) is 45.2 Å². The summed E-state index contributed by atoms with van der Waals surface area (Å²) in [5, 5.41) is 4.22. The molecule has 6 heteroatoms. The number of nitrogens with zero attached hydrogens (tertiary/aromatic N) is 2. The van der Waals surface area contributed by atoms with Crippen molar-refractivity contribution in [3.05, 3.63) is 82.6 Å². The van der Waals surface area contributed by atoms with Gasteiger partial charge in [-0.25, -0.2) is 0 Å². The third-order valence-electron chi connectivity index (χ3n) is 3.82. The first-order valence-corrected chi connectivity index (χ1v) is 8.88. The average Bonchev–Trinajstić information content (AvgIpc) is 2.66. The molecule has 0 atom stereocenters. The minimum Gasteiger partial charge on any atom is -0.353 e. The molecule has 0 bridgehead atoms. The van der Waals surface area contributed by atoms with Gasteiger partial charge in [-0.1, -0.05) is 41.4 Å². The standard InChI is InChI=1S/C20H17Cl2N3O/c1-2-25(17-6-4-3-5-7-17)20(26)14-10-16(13-23-12-14)24-19-9-8-15(21)11-18(19)22/h3-13,24H,2H2,1H3. The van der Waals surface area contributed by atoms with Gasteiger partial charge in [-0.05, 0) is 43.3 Å². The molecule has 3 rings (SSSR count). The fraction of sp³-hybridized carbons (Fsp3) is 0.100. The second kappa shape index (κ2) is 8.21. The van der Waals surface area contributed by atoms with Crippen LogP contribution < -0.4 is 10.2 Å². The third kappa shape index (κ3) is 4.15. The van der Waals surface area contributed by atoms with Crippen molar-refractivity contribution in [1.82, 2.24) is 4.98 Å². The lowest BCUT2D eigenvalue weighted by molar-refractivity contribution is 0.0988. The number of hydrogen-bond donors (Lipinski definition) is 1. The molecule has 0 saturated carbocycles. The predicted octanol–water partition coefficient (Wildman–Crippen LogP) is 5.80. The zero-order valence-electron chi connectivity index (χ0n) is 14.1. The van der Waals surface area contributed by atoms with Crippen LogP contribution in [0.1, 0.15) is 17.3 Å². The van der Waals surface area contributed by atoms with Gasteiger partial charge in [0.1, 0.15) is 0 Å². The Morgan fingerprint density at radius 2 is 1.85 bits per heavy atom. The molecule has 0 aliphatic rings. The summed E-state index contributed by atoms with van der Waals surface area (Å²) in [5.41, 5.74) is 2.70. The number of rotatable bonds is 5. The van der Waals surface area contributed by atoms with E-state index in [1.54, 1.807) is 41.6 Å². The van der Waals surface area contributed by atoms with Crippen LogP contribution in [0.2, 0.25) is 10.0 Å². The van der Waals surface area contributed by atoms with Gasteiger partial charge in [-0.15, -0.1) is 0 Å². The van der Waals surface area contributed by atoms with E-state index in [4.69, 9.17) is 23.2 Å². The highest BCUT2D eigenvalue weighted by atomic mass is 35.5. The minimum atomic E-state index is -0.114. The summed E-state index contributed by atoms with van der Waals surface area (Å²) >= 11 is 12.1. The molecule has 0 saturated heterocycles. The van der Waals surface area contributed by atoms with E-state index in [1.165, 1.54) is 0 Å². The fourth-order valence-corrected chi connectivity index (χ4v) is 3.03. The number of benzene rings is 2. The van der Waals surface area contributed by atoms with Gasteiger partial charge in [0.15, 0.2) is 0 Å². The molecule has 0 aliphatic heterocycles. The SMILES string of the molecule is CCN(C(=O)c1cncc(Nc2ccc(Cl)cc2Cl)c1)c1ccccc1. The second-order valence-electron chi connectivity index (χ2n) is 5.60. The summed E-state index contributed by atoms with van der Waals surface area (Å²) in [7, 11) is 0.